The molecule has 0 amide bonds. The van der Waals surface area contributed by atoms with Gasteiger partial charge in [0.25, 0.3) is 0 Å². The van der Waals surface area contributed by atoms with Crippen LogP contribution in [-0.2, 0) is 24.4 Å². The van der Waals surface area contributed by atoms with Crippen LogP contribution >= 0.6 is 0 Å². The van der Waals surface area contributed by atoms with Gasteiger partial charge in [-0.05, 0) is 67.9 Å². The molecule has 210 valence electrons. The second-order valence-corrected chi connectivity index (χ2v) is 10.4. The first kappa shape index (κ1) is 26.8. The number of hydrogen-bond donors (Lipinski definition) is 1. The van der Waals surface area contributed by atoms with Gasteiger partial charge in [-0.2, -0.15) is 5.26 Å². The molecule has 6 rings (SSSR count). The number of imidazole rings is 1. The Bertz CT molecular complexity index is 1660. The van der Waals surface area contributed by atoms with Gasteiger partial charge >= 0.3 is 5.97 Å². The first-order valence-electron chi connectivity index (χ1n) is 13.4. The summed E-state index contributed by atoms with van der Waals surface area (Å²) in [5.74, 6) is -1.39. The molecule has 0 saturated carbocycles. The van der Waals surface area contributed by atoms with E-state index >= 15 is 0 Å². The number of aromatic nitrogens is 3. The molecule has 0 aliphatic carbocycles. The Labute approximate surface area is 234 Å². The maximum absolute atomic E-state index is 14.6. The second-order valence-electron chi connectivity index (χ2n) is 10.4. The molecule has 2 aromatic carbocycles. The van der Waals surface area contributed by atoms with Gasteiger partial charge in [-0.25, -0.2) is 18.6 Å². The van der Waals surface area contributed by atoms with E-state index in [-0.39, 0.29) is 41.2 Å². The molecule has 2 aliphatic rings. The van der Waals surface area contributed by atoms with Crippen molar-refractivity contribution in [2.45, 2.75) is 44.6 Å². The summed E-state index contributed by atoms with van der Waals surface area (Å²) in [5.41, 5.74) is 2.71. The monoisotopic (exact) mass is 559 g/mol. The van der Waals surface area contributed by atoms with Gasteiger partial charge in [0.05, 0.1) is 47.4 Å². The van der Waals surface area contributed by atoms with E-state index in [2.05, 4.69) is 14.5 Å². The van der Waals surface area contributed by atoms with Crippen molar-refractivity contribution in [2.24, 2.45) is 0 Å². The zero-order valence-electron chi connectivity index (χ0n) is 22.1. The first-order valence-corrected chi connectivity index (χ1v) is 13.4. The third-order valence-electron chi connectivity index (χ3n) is 7.68. The minimum Gasteiger partial charge on any atom is -0.484 e. The summed E-state index contributed by atoms with van der Waals surface area (Å²) in [6.45, 7) is 3.12. The van der Waals surface area contributed by atoms with Crippen LogP contribution in [0, 0.1) is 23.0 Å². The normalized spacial score (nSPS) is 18.8. The predicted octanol–water partition coefficient (Wildman–Crippen LogP) is 4.64. The van der Waals surface area contributed by atoms with Gasteiger partial charge in [0.15, 0.2) is 11.6 Å². The molecule has 41 heavy (non-hydrogen) atoms. The molecule has 4 heterocycles. The third kappa shape index (κ3) is 5.62. The average Bonchev–Trinajstić information content (AvgIpc) is 3.54. The van der Waals surface area contributed by atoms with Crippen LogP contribution in [0.3, 0.4) is 0 Å². The fraction of sp³-hybridized carbons (Fsp3) is 0.333. The molecule has 4 aromatic rings. The molecule has 0 radical (unpaired) electrons. The maximum atomic E-state index is 14.6. The molecule has 11 heteroatoms. The van der Waals surface area contributed by atoms with E-state index in [9.17, 15) is 18.7 Å². The molecule has 2 aromatic heterocycles. The molecule has 2 saturated heterocycles. The molecule has 0 spiro atoms. The number of benzene rings is 2. The van der Waals surface area contributed by atoms with Crippen LogP contribution in [-0.4, -0.2) is 56.3 Å². The van der Waals surface area contributed by atoms with Gasteiger partial charge in [0, 0.05) is 24.8 Å². The molecule has 2 atom stereocenters. The highest BCUT2D eigenvalue weighted by atomic mass is 19.1. The summed E-state index contributed by atoms with van der Waals surface area (Å²) in [6, 6.07) is 13.7. The quantitative estimate of drug-likeness (QED) is 0.316. The fourth-order valence-corrected chi connectivity index (χ4v) is 5.34. The van der Waals surface area contributed by atoms with Crippen molar-refractivity contribution in [1.82, 2.24) is 19.4 Å². The van der Waals surface area contributed by atoms with Crippen LogP contribution in [0.5, 0.6) is 5.75 Å². The Morgan fingerprint density at radius 1 is 1.12 bits per heavy atom. The van der Waals surface area contributed by atoms with E-state index < -0.39 is 17.6 Å². The number of hydrogen-bond acceptors (Lipinski definition) is 7. The van der Waals surface area contributed by atoms with Gasteiger partial charge in [-0.1, -0.05) is 0 Å². The summed E-state index contributed by atoms with van der Waals surface area (Å²) >= 11 is 0. The minimum absolute atomic E-state index is 0.0624. The topological polar surface area (TPSA) is 114 Å². The smallest absolute Gasteiger partial charge is 0.335 e. The van der Waals surface area contributed by atoms with Crippen molar-refractivity contribution in [3.05, 3.63) is 88.5 Å². The van der Waals surface area contributed by atoms with Crippen LogP contribution in [0.2, 0.25) is 0 Å². The van der Waals surface area contributed by atoms with Crippen LogP contribution in [0.25, 0.3) is 11.0 Å². The Balaban J connectivity index is 1.16. The molecule has 1 unspecified atom stereocenters. The van der Waals surface area contributed by atoms with Gasteiger partial charge in [-0.3, -0.25) is 9.88 Å². The SMILES string of the molecule is N#Cc1ccc(OCc2nc(C3CCN(Cc4nc5ccc(C(=O)O)cc5n4C[C@@H]4CCO4)C3)ccc2F)c(F)c1. The number of fused-ring (bicyclic) bond motifs is 1. The van der Waals surface area contributed by atoms with Crippen molar-refractivity contribution in [3.63, 3.8) is 0 Å². The maximum Gasteiger partial charge on any atom is 0.335 e. The number of carboxylic acids is 1. The van der Waals surface area contributed by atoms with Crippen molar-refractivity contribution >= 4 is 17.0 Å². The Hall–Kier alpha value is -4.40. The molecule has 2 aliphatic heterocycles. The molecular weight excluding hydrogens is 532 g/mol. The average molecular weight is 560 g/mol. The van der Waals surface area contributed by atoms with E-state index in [1.165, 1.54) is 18.2 Å². The number of halogens is 2. The zero-order chi connectivity index (χ0) is 28.5. The Morgan fingerprint density at radius 2 is 1.98 bits per heavy atom. The predicted molar refractivity (Wildman–Crippen MR) is 143 cm³/mol. The van der Waals surface area contributed by atoms with Gasteiger partial charge in [-0.15, -0.1) is 0 Å². The second kappa shape index (κ2) is 11.2. The van der Waals surface area contributed by atoms with Crippen molar-refractivity contribution < 1.29 is 28.2 Å². The number of nitrogens with zero attached hydrogens (tertiary/aromatic N) is 5. The van der Waals surface area contributed by atoms with Crippen LogP contribution in [0.4, 0.5) is 8.78 Å². The molecule has 1 N–H and O–H groups in total. The third-order valence-corrected chi connectivity index (χ3v) is 7.68. The Kier molecular flexibility index (Phi) is 7.34. The van der Waals surface area contributed by atoms with E-state index in [1.54, 1.807) is 24.3 Å². The number of nitriles is 1. The van der Waals surface area contributed by atoms with E-state index in [1.807, 2.05) is 6.07 Å². The molecule has 9 nitrogen and oxygen atoms in total. The number of likely N-dealkylation sites (tertiary alicyclic amines) is 1. The van der Waals surface area contributed by atoms with E-state index in [0.29, 0.717) is 19.6 Å². The van der Waals surface area contributed by atoms with Gasteiger partial charge in [0.2, 0.25) is 0 Å². The lowest BCUT2D eigenvalue weighted by molar-refractivity contribution is -0.0591. The largest absolute Gasteiger partial charge is 0.484 e. The highest BCUT2D eigenvalue weighted by molar-refractivity contribution is 5.92. The number of carbonyl (C=O) groups is 1. The van der Waals surface area contributed by atoms with Crippen molar-refractivity contribution in [2.75, 3.05) is 19.7 Å². The Morgan fingerprint density at radius 3 is 2.71 bits per heavy atom. The lowest BCUT2D eigenvalue weighted by Gasteiger charge is -2.28. The van der Waals surface area contributed by atoms with Crippen LogP contribution in [0.1, 0.15) is 51.9 Å². The van der Waals surface area contributed by atoms with Gasteiger partial charge < -0.3 is 19.1 Å². The van der Waals surface area contributed by atoms with Crippen molar-refractivity contribution in [1.29, 1.82) is 5.26 Å². The number of aromatic carboxylic acids is 1. The van der Waals surface area contributed by atoms with E-state index in [4.69, 9.17) is 19.7 Å². The summed E-state index contributed by atoms with van der Waals surface area (Å²) in [7, 11) is 0. The zero-order valence-corrected chi connectivity index (χ0v) is 22.1. The minimum atomic E-state index is -0.984. The fourth-order valence-electron chi connectivity index (χ4n) is 5.34. The summed E-state index contributed by atoms with van der Waals surface area (Å²) in [4.78, 5) is 23.2. The number of rotatable bonds is 9. The first-order chi connectivity index (χ1) is 19.9. The molecule has 0 bridgehead atoms. The summed E-state index contributed by atoms with van der Waals surface area (Å²) in [5, 5.41) is 18.4. The number of pyridine rings is 1. The summed E-state index contributed by atoms with van der Waals surface area (Å²) < 4.78 is 41.9. The molecule has 2 fully saturated rings. The van der Waals surface area contributed by atoms with Crippen LogP contribution < -0.4 is 4.74 Å². The summed E-state index contributed by atoms with van der Waals surface area (Å²) in [6.07, 6.45) is 1.84. The lowest BCUT2D eigenvalue weighted by Crippen LogP contribution is -2.32. The van der Waals surface area contributed by atoms with E-state index in [0.717, 1.165) is 54.6 Å². The number of ether oxygens (including phenoxy) is 2. The van der Waals surface area contributed by atoms with Gasteiger partial charge in [0.1, 0.15) is 23.9 Å². The highest BCUT2D eigenvalue weighted by Gasteiger charge is 2.28. The standard InChI is InChI=1S/C30H27F2N5O4/c31-22-3-5-24(34-26(22)17-41-28-6-1-18(13-33)11-23(28)32)20-7-9-36(14-20)16-29-35-25-4-2-19(30(38)39)12-27(25)37(29)15-21-8-10-40-21/h1-6,11-12,20-21H,7-10,14-17H2,(H,38,39)/t20?,21-/m0/s1. The van der Waals surface area contributed by atoms with Crippen molar-refractivity contribution in [3.8, 4) is 11.8 Å². The highest BCUT2D eigenvalue weighted by Crippen LogP contribution is 2.30. The van der Waals surface area contributed by atoms with Crippen LogP contribution in [0.15, 0.2) is 48.5 Å². The number of carboxylic acid groups (broad SMARTS) is 1. The lowest BCUT2D eigenvalue weighted by atomic mass is 10.0. The molecular formula is C30H27F2N5O4.